The molecule has 2 heteroatoms. The van der Waals surface area contributed by atoms with Gasteiger partial charge in [0.05, 0.1) is 22.4 Å². The van der Waals surface area contributed by atoms with Crippen molar-refractivity contribution >= 4 is 21.8 Å². The van der Waals surface area contributed by atoms with E-state index in [-0.39, 0.29) is 0 Å². The molecule has 0 fully saturated rings. The van der Waals surface area contributed by atoms with Crippen LogP contribution in [0.3, 0.4) is 0 Å². The first-order valence-electron chi connectivity index (χ1n) is 11.2. The quantitative estimate of drug-likeness (QED) is 0.269. The van der Waals surface area contributed by atoms with Gasteiger partial charge in [0.2, 0.25) is 0 Å². The highest BCUT2D eigenvalue weighted by Crippen LogP contribution is 2.39. The summed E-state index contributed by atoms with van der Waals surface area (Å²) in [7, 11) is 0. The highest BCUT2D eigenvalue weighted by atomic mass is 14.8. The lowest BCUT2D eigenvalue weighted by Gasteiger charge is -2.15. The highest BCUT2D eigenvalue weighted by Gasteiger charge is 2.15. The molecule has 0 amide bonds. The Morgan fingerprint density at radius 3 is 1.88 bits per heavy atom. The van der Waals surface area contributed by atoms with Gasteiger partial charge in [-0.2, -0.15) is 0 Å². The maximum Gasteiger partial charge on any atom is 0.0975 e. The van der Waals surface area contributed by atoms with E-state index in [2.05, 4.69) is 97.1 Å². The van der Waals surface area contributed by atoms with Crippen LogP contribution in [0.4, 0.5) is 0 Å². The van der Waals surface area contributed by atoms with Gasteiger partial charge in [-0.3, -0.25) is 0 Å². The minimum absolute atomic E-state index is 0.914. The van der Waals surface area contributed by atoms with Gasteiger partial charge in [-0.15, -0.1) is 0 Å². The molecule has 0 unspecified atom stereocenters. The van der Waals surface area contributed by atoms with Crippen LogP contribution in [0.5, 0.6) is 0 Å². The summed E-state index contributed by atoms with van der Waals surface area (Å²) in [5, 5.41) is 2.32. The van der Waals surface area contributed by atoms with Gasteiger partial charge in [-0.1, -0.05) is 109 Å². The topological polar surface area (TPSA) is 25.8 Å². The van der Waals surface area contributed by atoms with Crippen LogP contribution < -0.4 is 0 Å². The van der Waals surface area contributed by atoms with E-state index in [1.54, 1.807) is 0 Å². The lowest BCUT2D eigenvalue weighted by molar-refractivity contribution is 1.19. The van der Waals surface area contributed by atoms with E-state index in [9.17, 15) is 0 Å². The van der Waals surface area contributed by atoms with Gasteiger partial charge < -0.3 is 0 Å². The summed E-state index contributed by atoms with van der Waals surface area (Å²) in [6.07, 6.45) is 0. The van der Waals surface area contributed by atoms with E-state index in [1.807, 2.05) is 25.1 Å². The Bertz CT molecular complexity index is 1600. The Labute approximate surface area is 193 Å². The Hall–Kier alpha value is -4.30. The largest absolute Gasteiger partial charge is 0.249 e. The van der Waals surface area contributed by atoms with Crippen LogP contribution in [0, 0.1) is 6.92 Å². The zero-order valence-electron chi connectivity index (χ0n) is 18.4. The first-order valence-corrected chi connectivity index (χ1v) is 11.2. The molecular weight excluding hydrogens is 400 g/mol. The molecule has 6 rings (SSSR count). The van der Waals surface area contributed by atoms with E-state index in [0.717, 1.165) is 33.4 Å². The smallest absolute Gasteiger partial charge is 0.0975 e. The van der Waals surface area contributed by atoms with Crippen molar-refractivity contribution in [1.82, 2.24) is 9.97 Å². The fourth-order valence-corrected chi connectivity index (χ4v) is 4.66. The van der Waals surface area contributed by atoms with E-state index in [0.29, 0.717) is 0 Å². The number of benzene rings is 5. The fourth-order valence-electron chi connectivity index (χ4n) is 4.66. The summed E-state index contributed by atoms with van der Waals surface area (Å²) < 4.78 is 0. The average molecular weight is 423 g/mol. The first-order chi connectivity index (χ1) is 16.3. The molecule has 0 aliphatic carbocycles. The maximum absolute atomic E-state index is 5.11. The van der Waals surface area contributed by atoms with Crippen molar-refractivity contribution in [3.05, 3.63) is 121 Å². The molecule has 0 aliphatic rings. The van der Waals surface area contributed by atoms with Gasteiger partial charge in [0.25, 0.3) is 0 Å². The Morgan fingerprint density at radius 1 is 0.485 bits per heavy atom. The lowest BCUT2D eigenvalue weighted by atomic mass is 9.91. The molecule has 1 heterocycles. The van der Waals surface area contributed by atoms with Crippen LogP contribution in [-0.4, -0.2) is 9.97 Å². The molecule has 156 valence electrons. The molecule has 0 bridgehead atoms. The van der Waals surface area contributed by atoms with E-state index < -0.39 is 0 Å². The second-order valence-corrected chi connectivity index (χ2v) is 8.27. The third-order valence-electron chi connectivity index (χ3n) is 6.20. The molecule has 0 aliphatic heterocycles. The second kappa shape index (κ2) is 7.99. The van der Waals surface area contributed by atoms with Crippen LogP contribution in [0.25, 0.3) is 55.3 Å². The molecule has 0 radical (unpaired) electrons. The van der Waals surface area contributed by atoms with Crippen molar-refractivity contribution < 1.29 is 0 Å². The van der Waals surface area contributed by atoms with E-state index >= 15 is 0 Å². The molecule has 2 nitrogen and oxygen atoms in total. The zero-order chi connectivity index (χ0) is 22.2. The number of aromatic nitrogens is 2. The normalized spacial score (nSPS) is 11.2. The Morgan fingerprint density at radius 2 is 1.12 bits per heavy atom. The number of hydrogen-bond donors (Lipinski definition) is 0. The molecule has 0 spiro atoms. The van der Waals surface area contributed by atoms with Crippen molar-refractivity contribution in [3.63, 3.8) is 0 Å². The van der Waals surface area contributed by atoms with Crippen LogP contribution >= 0.6 is 0 Å². The average Bonchev–Trinajstić information content (AvgIpc) is 2.89. The molecule has 0 N–H and O–H groups in total. The van der Waals surface area contributed by atoms with Gasteiger partial charge in [0.15, 0.2) is 0 Å². The van der Waals surface area contributed by atoms with E-state index in [1.165, 1.54) is 27.6 Å². The summed E-state index contributed by atoms with van der Waals surface area (Å²) >= 11 is 0. The Kier molecular flexibility index (Phi) is 4.70. The first kappa shape index (κ1) is 19.4. The van der Waals surface area contributed by atoms with Crippen molar-refractivity contribution in [2.45, 2.75) is 6.92 Å². The van der Waals surface area contributed by atoms with Gasteiger partial charge in [0, 0.05) is 10.9 Å². The van der Waals surface area contributed by atoms with Crippen molar-refractivity contribution in [2.24, 2.45) is 0 Å². The third-order valence-corrected chi connectivity index (χ3v) is 6.20. The van der Waals surface area contributed by atoms with Crippen LogP contribution in [0.15, 0.2) is 115 Å². The summed E-state index contributed by atoms with van der Waals surface area (Å²) in [4.78, 5) is 10.2. The van der Waals surface area contributed by atoms with Gasteiger partial charge in [-0.05, 0) is 40.6 Å². The van der Waals surface area contributed by atoms with E-state index in [4.69, 9.17) is 9.97 Å². The molecule has 5 aromatic carbocycles. The predicted molar refractivity (Wildman–Crippen MR) is 138 cm³/mol. The molecule has 33 heavy (non-hydrogen) atoms. The number of rotatable bonds is 3. The second-order valence-electron chi connectivity index (χ2n) is 8.27. The molecule has 0 saturated carbocycles. The third kappa shape index (κ3) is 3.37. The SMILES string of the molecule is Cc1nc2c(ccc3cccc(-c4ccccc4-c4ccccc4)c32)nc1-c1ccccc1. The fraction of sp³-hybridized carbons (Fsp3) is 0.0323. The van der Waals surface area contributed by atoms with Crippen molar-refractivity contribution in [1.29, 1.82) is 0 Å². The van der Waals surface area contributed by atoms with Gasteiger partial charge in [0.1, 0.15) is 0 Å². The summed E-state index contributed by atoms with van der Waals surface area (Å²) in [6, 6.07) is 40.2. The van der Waals surface area contributed by atoms with Crippen LogP contribution in [0.2, 0.25) is 0 Å². The summed E-state index contributed by atoms with van der Waals surface area (Å²) in [6.45, 7) is 2.05. The molecular formula is C31H22N2. The predicted octanol–water partition coefficient (Wildman–Crippen LogP) is 8.09. The van der Waals surface area contributed by atoms with Crippen LogP contribution in [0.1, 0.15) is 5.69 Å². The number of hydrogen-bond acceptors (Lipinski definition) is 2. The number of fused-ring (bicyclic) bond motifs is 3. The molecule has 0 atom stereocenters. The highest BCUT2D eigenvalue weighted by molar-refractivity contribution is 6.13. The lowest BCUT2D eigenvalue weighted by Crippen LogP contribution is -1.96. The number of nitrogens with zero attached hydrogens (tertiary/aromatic N) is 2. The van der Waals surface area contributed by atoms with Gasteiger partial charge >= 0.3 is 0 Å². The molecule has 6 aromatic rings. The summed E-state index contributed by atoms with van der Waals surface area (Å²) in [5.41, 5.74) is 9.63. The summed E-state index contributed by atoms with van der Waals surface area (Å²) in [5.74, 6) is 0. The molecule has 0 saturated heterocycles. The van der Waals surface area contributed by atoms with Crippen molar-refractivity contribution in [3.8, 4) is 33.5 Å². The monoisotopic (exact) mass is 422 g/mol. The maximum atomic E-state index is 5.11. The van der Waals surface area contributed by atoms with Gasteiger partial charge in [-0.25, -0.2) is 9.97 Å². The van der Waals surface area contributed by atoms with Crippen LogP contribution in [-0.2, 0) is 0 Å². The minimum atomic E-state index is 0.914. The Balaban J connectivity index is 1.65. The minimum Gasteiger partial charge on any atom is -0.249 e. The van der Waals surface area contributed by atoms with Crippen molar-refractivity contribution in [2.75, 3.05) is 0 Å². The zero-order valence-corrected chi connectivity index (χ0v) is 18.4. The molecule has 1 aromatic heterocycles. The standard InChI is InChI=1S/C31H22N2/c1-21-30(24-13-6-3-7-14-24)33-28-20-19-23-15-10-18-27(29(23)31(28)32-21)26-17-9-8-16-25(26)22-11-4-2-5-12-22/h2-20H,1H3. The number of aryl methyl sites for hydroxylation is 1.